The van der Waals surface area contributed by atoms with Gasteiger partial charge in [-0.25, -0.2) is 4.39 Å². The third-order valence-corrected chi connectivity index (χ3v) is 5.62. The summed E-state index contributed by atoms with van der Waals surface area (Å²) in [6, 6.07) is 16.9. The molecule has 2 heterocycles. The molecule has 1 saturated heterocycles. The summed E-state index contributed by atoms with van der Waals surface area (Å²) in [6.07, 6.45) is 1.79. The number of rotatable bonds is 5. The topological polar surface area (TPSA) is 65.5 Å². The number of amides is 2. The van der Waals surface area contributed by atoms with Gasteiger partial charge in [0.05, 0.1) is 11.3 Å². The molecule has 0 spiro atoms. The highest BCUT2D eigenvalue weighted by Gasteiger charge is 2.23. The number of nitrogens with one attached hydrogen (secondary N) is 1. The Bertz CT molecular complexity index is 1110. The third kappa shape index (κ3) is 5.00. The van der Waals surface area contributed by atoms with Crippen molar-refractivity contribution in [3.63, 3.8) is 0 Å². The van der Waals surface area contributed by atoms with Gasteiger partial charge in [-0.1, -0.05) is 24.3 Å². The average molecular weight is 432 g/mol. The molecule has 2 aromatic carbocycles. The number of hydrogen-bond donors (Lipinski definition) is 1. The first-order chi connectivity index (χ1) is 15.5. The van der Waals surface area contributed by atoms with E-state index in [1.54, 1.807) is 30.5 Å². The number of pyridine rings is 1. The zero-order chi connectivity index (χ0) is 22.5. The standard InChI is InChI=1S/C25H25FN4O2/c1-18-9-10-19(16-23(18)28-24(31)21-7-2-3-8-22(21)26)25(32)30-14-12-29(13-15-30)17-20-6-4-5-11-27-20/h2-11,16H,12-15,17H2,1H3,(H,28,31). The minimum atomic E-state index is -0.585. The number of carbonyl (C=O) groups is 2. The van der Waals surface area contributed by atoms with E-state index in [0.717, 1.165) is 30.9 Å². The first-order valence-electron chi connectivity index (χ1n) is 10.6. The van der Waals surface area contributed by atoms with Gasteiger partial charge in [-0.15, -0.1) is 0 Å². The van der Waals surface area contributed by atoms with Gasteiger partial charge in [-0.3, -0.25) is 19.5 Å². The Morgan fingerprint density at radius 3 is 2.47 bits per heavy atom. The predicted octanol–water partition coefficient (Wildman–Crippen LogP) is 3.74. The molecule has 1 aromatic heterocycles. The number of nitrogens with zero attached hydrogens (tertiary/aromatic N) is 3. The Morgan fingerprint density at radius 2 is 1.75 bits per heavy atom. The summed E-state index contributed by atoms with van der Waals surface area (Å²) in [5.41, 5.74) is 2.77. The molecule has 1 N–H and O–H groups in total. The predicted molar refractivity (Wildman–Crippen MR) is 121 cm³/mol. The quantitative estimate of drug-likeness (QED) is 0.667. The van der Waals surface area contributed by atoms with E-state index >= 15 is 0 Å². The van der Waals surface area contributed by atoms with Gasteiger partial charge < -0.3 is 10.2 Å². The summed E-state index contributed by atoms with van der Waals surface area (Å²) in [6.45, 7) is 5.38. The Balaban J connectivity index is 1.40. The molecule has 0 saturated carbocycles. The lowest BCUT2D eigenvalue weighted by Crippen LogP contribution is -2.48. The Hall–Kier alpha value is -3.58. The van der Waals surface area contributed by atoms with Crippen molar-refractivity contribution in [2.45, 2.75) is 13.5 Å². The van der Waals surface area contributed by atoms with Crippen LogP contribution in [0, 0.1) is 12.7 Å². The lowest BCUT2D eigenvalue weighted by atomic mass is 10.1. The molecule has 4 rings (SSSR count). The molecule has 32 heavy (non-hydrogen) atoms. The number of carbonyl (C=O) groups excluding carboxylic acids is 2. The van der Waals surface area contributed by atoms with E-state index < -0.39 is 11.7 Å². The highest BCUT2D eigenvalue weighted by Crippen LogP contribution is 2.20. The number of benzene rings is 2. The second-order valence-electron chi connectivity index (χ2n) is 7.85. The van der Waals surface area contributed by atoms with Crippen molar-refractivity contribution in [3.8, 4) is 0 Å². The second kappa shape index (κ2) is 9.70. The Labute approximate surface area is 186 Å². The second-order valence-corrected chi connectivity index (χ2v) is 7.85. The van der Waals surface area contributed by atoms with Crippen LogP contribution in [0.1, 0.15) is 32.0 Å². The average Bonchev–Trinajstić information content (AvgIpc) is 2.81. The zero-order valence-corrected chi connectivity index (χ0v) is 17.9. The lowest BCUT2D eigenvalue weighted by Gasteiger charge is -2.34. The fourth-order valence-corrected chi connectivity index (χ4v) is 3.74. The molecule has 164 valence electrons. The molecule has 6 nitrogen and oxygen atoms in total. The molecular formula is C25H25FN4O2. The third-order valence-electron chi connectivity index (χ3n) is 5.62. The maximum Gasteiger partial charge on any atom is 0.258 e. The Kier molecular flexibility index (Phi) is 6.56. The minimum Gasteiger partial charge on any atom is -0.336 e. The first kappa shape index (κ1) is 21.6. The van der Waals surface area contributed by atoms with Crippen LogP contribution in [0.4, 0.5) is 10.1 Å². The number of hydrogen-bond acceptors (Lipinski definition) is 4. The summed E-state index contributed by atoms with van der Waals surface area (Å²) < 4.78 is 13.9. The molecule has 3 aromatic rings. The zero-order valence-electron chi connectivity index (χ0n) is 17.9. The van der Waals surface area contributed by atoms with Crippen LogP contribution >= 0.6 is 0 Å². The first-order valence-corrected chi connectivity index (χ1v) is 10.6. The Morgan fingerprint density at radius 1 is 1.00 bits per heavy atom. The van der Waals surface area contributed by atoms with Gasteiger partial charge in [0.1, 0.15) is 5.82 Å². The number of halogens is 1. The molecule has 0 radical (unpaired) electrons. The number of anilines is 1. The molecule has 0 atom stereocenters. The van der Waals surface area contributed by atoms with E-state index in [2.05, 4.69) is 15.2 Å². The highest BCUT2D eigenvalue weighted by molar-refractivity contribution is 6.05. The van der Waals surface area contributed by atoms with Crippen molar-refractivity contribution in [2.75, 3.05) is 31.5 Å². The van der Waals surface area contributed by atoms with Gasteiger partial charge in [0.25, 0.3) is 11.8 Å². The lowest BCUT2D eigenvalue weighted by molar-refractivity contribution is 0.0627. The summed E-state index contributed by atoms with van der Waals surface area (Å²) in [5.74, 6) is -1.21. The van der Waals surface area contributed by atoms with Crippen LogP contribution in [0.25, 0.3) is 0 Å². The molecule has 1 aliphatic rings. The van der Waals surface area contributed by atoms with Crippen LogP contribution in [0.15, 0.2) is 66.9 Å². The van der Waals surface area contributed by atoms with Crippen molar-refractivity contribution in [3.05, 3.63) is 95.1 Å². The van der Waals surface area contributed by atoms with Gasteiger partial charge in [-0.2, -0.15) is 0 Å². The van der Waals surface area contributed by atoms with E-state index in [-0.39, 0.29) is 11.5 Å². The molecule has 1 aliphatic heterocycles. The fourth-order valence-electron chi connectivity index (χ4n) is 3.74. The van der Waals surface area contributed by atoms with E-state index in [0.29, 0.717) is 24.3 Å². The fraction of sp³-hybridized carbons (Fsp3) is 0.240. The SMILES string of the molecule is Cc1ccc(C(=O)N2CCN(Cc3ccccn3)CC2)cc1NC(=O)c1ccccc1F. The van der Waals surface area contributed by atoms with Gasteiger partial charge in [0.15, 0.2) is 0 Å². The minimum absolute atomic E-state index is 0.0346. The van der Waals surface area contributed by atoms with Crippen molar-refractivity contribution in [1.29, 1.82) is 0 Å². The van der Waals surface area contributed by atoms with Crippen LogP contribution in [0.2, 0.25) is 0 Å². The van der Waals surface area contributed by atoms with E-state index in [1.165, 1.54) is 18.2 Å². The summed E-state index contributed by atoms with van der Waals surface area (Å²) in [5, 5.41) is 2.74. The monoisotopic (exact) mass is 432 g/mol. The van der Waals surface area contributed by atoms with E-state index in [1.807, 2.05) is 30.0 Å². The largest absolute Gasteiger partial charge is 0.336 e. The van der Waals surface area contributed by atoms with Crippen LogP contribution in [0.5, 0.6) is 0 Å². The van der Waals surface area contributed by atoms with Crippen LogP contribution in [0.3, 0.4) is 0 Å². The number of aromatic nitrogens is 1. The smallest absolute Gasteiger partial charge is 0.258 e. The van der Waals surface area contributed by atoms with Crippen molar-refractivity contribution in [1.82, 2.24) is 14.8 Å². The molecule has 0 bridgehead atoms. The highest BCUT2D eigenvalue weighted by atomic mass is 19.1. The van der Waals surface area contributed by atoms with Crippen molar-refractivity contribution in [2.24, 2.45) is 0 Å². The summed E-state index contributed by atoms with van der Waals surface area (Å²) in [4.78, 5) is 34.0. The normalized spacial score (nSPS) is 14.2. The molecule has 0 aliphatic carbocycles. The van der Waals surface area contributed by atoms with Crippen molar-refractivity contribution < 1.29 is 14.0 Å². The van der Waals surface area contributed by atoms with Crippen LogP contribution < -0.4 is 5.32 Å². The van der Waals surface area contributed by atoms with Crippen molar-refractivity contribution >= 4 is 17.5 Å². The van der Waals surface area contributed by atoms with E-state index in [9.17, 15) is 14.0 Å². The summed E-state index contributed by atoms with van der Waals surface area (Å²) >= 11 is 0. The van der Waals surface area contributed by atoms with Crippen LogP contribution in [-0.2, 0) is 6.54 Å². The maximum absolute atomic E-state index is 13.9. The molecule has 1 fully saturated rings. The number of aryl methyl sites for hydroxylation is 1. The van der Waals surface area contributed by atoms with Crippen LogP contribution in [-0.4, -0.2) is 52.8 Å². The van der Waals surface area contributed by atoms with Gasteiger partial charge >= 0.3 is 0 Å². The van der Waals surface area contributed by atoms with Gasteiger partial charge in [-0.05, 0) is 48.9 Å². The number of piperazine rings is 1. The van der Waals surface area contributed by atoms with Gasteiger partial charge in [0, 0.05) is 50.2 Å². The molecule has 2 amide bonds. The summed E-state index contributed by atoms with van der Waals surface area (Å²) in [7, 11) is 0. The molecule has 7 heteroatoms. The molecular weight excluding hydrogens is 407 g/mol. The van der Waals surface area contributed by atoms with E-state index in [4.69, 9.17) is 0 Å². The maximum atomic E-state index is 13.9. The van der Waals surface area contributed by atoms with Gasteiger partial charge in [0.2, 0.25) is 0 Å². The molecule has 0 unspecified atom stereocenters.